The molecule has 3 nitrogen and oxygen atoms in total. The normalized spacial score (nSPS) is 12.7. The third kappa shape index (κ3) is 3.36. The minimum Gasteiger partial charge on any atom is -0.398 e. The van der Waals surface area contributed by atoms with Crippen molar-refractivity contribution in [1.82, 2.24) is 5.32 Å². The molecular formula is C11H18N2O. The summed E-state index contributed by atoms with van der Waals surface area (Å²) in [6.45, 7) is 3.66. The van der Waals surface area contributed by atoms with Gasteiger partial charge in [0.05, 0.1) is 6.10 Å². The summed E-state index contributed by atoms with van der Waals surface area (Å²) in [6, 6.07) is 7.88. The highest BCUT2D eigenvalue weighted by molar-refractivity contribution is 5.46. The van der Waals surface area contributed by atoms with E-state index < -0.39 is 0 Å². The van der Waals surface area contributed by atoms with E-state index in [1.807, 2.05) is 31.2 Å². The third-order valence-corrected chi connectivity index (χ3v) is 2.20. The van der Waals surface area contributed by atoms with Crippen LogP contribution in [0.1, 0.15) is 12.5 Å². The van der Waals surface area contributed by atoms with Crippen molar-refractivity contribution < 1.29 is 4.74 Å². The molecule has 0 heterocycles. The van der Waals surface area contributed by atoms with Gasteiger partial charge in [0, 0.05) is 25.9 Å². The van der Waals surface area contributed by atoms with Gasteiger partial charge in [0.15, 0.2) is 0 Å². The Morgan fingerprint density at radius 1 is 1.43 bits per heavy atom. The van der Waals surface area contributed by atoms with Gasteiger partial charge < -0.3 is 15.8 Å². The van der Waals surface area contributed by atoms with Crippen LogP contribution in [0.15, 0.2) is 24.3 Å². The highest BCUT2D eigenvalue weighted by Gasteiger charge is 2.00. The average Bonchev–Trinajstić information content (AvgIpc) is 2.20. The molecule has 0 spiro atoms. The fourth-order valence-corrected chi connectivity index (χ4v) is 1.19. The first kappa shape index (κ1) is 11.0. The molecule has 3 heteroatoms. The predicted molar refractivity (Wildman–Crippen MR) is 59.0 cm³/mol. The number of nitrogens with one attached hydrogen (secondary N) is 1. The smallest absolute Gasteiger partial charge is 0.0667 e. The molecule has 0 aliphatic carbocycles. The largest absolute Gasteiger partial charge is 0.398 e. The van der Waals surface area contributed by atoms with Crippen molar-refractivity contribution in [3.63, 3.8) is 0 Å². The molecule has 0 saturated carbocycles. The summed E-state index contributed by atoms with van der Waals surface area (Å²) >= 11 is 0. The summed E-state index contributed by atoms with van der Waals surface area (Å²) in [4.78, 5) is 0. The minimum atomic E-state index is 0.236. The number of benzene rings is 1. The lowest BCUT2D eigenvalue weighted by molar-refractivity contribution is 0.117. The third-order valence-electron chi connectivity index (χ3n) is 2.20. The maximum absolute atomic E-state index is 5.80. The number of para-hydroxylation sites is 1. The average molecular weight is 194 g/mol. The number of nitrogen functional groups attached to an aromatic ring is 1. The molecule has 0 aliphatic heterocycles. The van der Waals surface area contributed by atoms with Crippen LogP contribution >= 0.6 is 0 Å². The topological polar surface area (TPSA) is 47.3 Å². The van der Waals surface area contributed by atoms with Crippen LogP contribution < -0.4 is 11.1 Å². The number of anilines is 1. The lowest BCUT2D eigenvalue weighted by atomic mass is 10.2. The van der Waals surface area contributed by atoms with Gasteiger partial charge in [-0.25, -0.2) is 0 Å². The number of ether oxygens (including phenoxy) is 1. The Labute approximate surface area is 85.3 Å². The van der Waals surface area contributed by atoms with Crippen LogP contribution in [-0.4, -0.2) is 19.8 Å². The lowest BCUT2D eigenvalue weighted by Gasteiger charge is -2.11. The molecule has 3 N–H and O–H groups in total. The van der Waals surface area contributed by atoms with Crippen molar-refractivity contribution in [1.29, 1.82) is 0 Å². The molecule has 0 amide bonds. The second-order valence-corrected chi connectivity index (χ2v) is 3.38. The summed E-state index contributed by atoms with van der Waals surface area (Å²) < 4.78 is 5.12. The first-order valence-electron chi connectivity index (χ1n) is 4.81. The molecule has 0 aromatic heterocycles. The first-order valence-corrected chi connectivity index (χ1v) is 4.81. The summed E-state index contributed by atoms with van der Waals surface area (Å²) in [6.07, 6.45) is 0.236. The maximum Gasteiger partial charge on any atom is 0.0667 e. The van der Waals surface area contributed by atoms with Crippen LogP contribution in [-0.2, 0) is 11.3 Å². The Hall–Kier alpha value is -1.06. The first-order chi connectivity index (χ1) is 6.74. The molecule has 0 saturated heterocycles. The van der Waals surface area contributed by atoms with Crippen molar-refractivity contribution >= 4 is 5.69 Å². The van der Waals surface area contributed by atoms with Gasteiger partial charge in [-0.2, -0.15) is 0 Å². The van der Waals surface area contributed by atoms with Crippen molar-refractivity contribution in [2.75, 3.05) is 19.4 Å². The Morgan fingerprint density at radius 2 is 2.14 bits per heavy atom. The van der Waals surface area contributed by atoms with Gasteiger partial charge in [-0.3, -0.25) is 0 Å². The van der Waals surface area contributed by atoms with Gasteiger partial charge in [-0.05, 0) is 18.6 Å². The van der Waals surface area contributed by atoms with Gasteiger partial charge in [0.2, 0.25) is 0 Å². The van der Waals surface area contributed by atoms with E-state index in [2.05, 4.69) is 5.32 Å². The molecule has 0 radical (unpaired) electrons. The second kappa shape index (κ2) is 5.62. The van der Waals surface area contributed by atoms with Gasteiger partial charge in [0.1, 0.15) is 0 Å². The van der Waals surface area contributed by atoms with E-state index in [0.29, 0.717) is 0 Å². The second-order valence-electron chi connectivity index (χ2n) is 3.38. The molecule has 1 aromatic rings. The molecule has 0 fully saturated rings. The Morgan fingerprint density at radius 3 is 2.79 bits per heavy atom. The fourth-order valence-electron chi connectivity index (χ4n) is 1.19. The van der Waals surface area contributed by atoms with E-state index in [4.69, 9.17) is 10.5 Å². The van der Waals surface area contributed by atoms with E-state index >= 15 is 0 Å². The molecule has 14 heavy (non-hydrogen) atoms. The zero-order valence-corrected chi connectivity index (χ0v) is 8.79. The van der Waals surface area contributed by atoms with Crippen molar-refractivity contribution in [2.45, 2.75) is 19.6 Å². The zero-order chi connectivity index (χ0) is 10.4. The van der Waals surface area contributed by atoms with Crippen LogP contribution in [0.25, 0.3) is 0 Å². The van der Waals surface area contributed by atoms with Crippen LogP contribution in [0.2, 0.25) is 0 Å². The van der Waals surface area contributed by atoms with Gasteiger partial charge in [-0.15, -0.1) is 0 Å². The van der Waals surface area contributed by atoms with Crippen LogP contribution in [0, 0.1) is 0 Å². The number of hydrogen-bond acceptors (Lipinski definition) is 3. The van der Waals surface area contributed by atoms with Crippen LogP contribution in [0.4, 0.5) is 5.69 Å². The minimum absolute atomic E-state index is 0.236. The fraction of sp³-hybridized carbons (Fsp3) is 0.455. The molecule has 78 valence electrons. The summed E-state index contributed by atoms with van der Waals surface area (Å²) in [5.41, 5.74) is 7.77. The van der Waals surface area contributed by atoms with Gasteiger partial charge in [-0.1, -0.05) is 18.2 Å². The van der Waals surface area contributed by atoms with E-state index in [1.54, 1.807) is 7.11 Å². The highest BCUT2D eigenvalue weighted by atomic mass is 16.5. The van der Waals surface area contributed by atoms with Crippen molar-refractivity contribution in [3.05, 3.63) is 29.8 Å². The lowest BCUT2D eigenvalue weighted by Crippen LogP contribution is -2.25. The number of hydrogen-bond donors (Lipinski definition) is 2. The standard InChI is InChI=1S/C11H18N2O/c1-9(14-2)7-13-8-10-5-3-4-6-11(10)12/h3-6,9,13H,7-8,12H2,1-2H3. The molecule has 1 atom stereocenters. The molecule has 1 rings (SSSR count). The molecule has 1 aromatic carbocycles. The van der Waals surface area contributed by atoms with Crippen LogP contribution in [0.5, 0.6) is 0 Å². The zero-order valence-electron chi connectivity index (χ0n) is 8.79. The molecule has 1 unspecified atom stereocenters. The summed E-state index contributed by atoms with van der Waals surface area (Å²) in [7, 11) is 1.71. The van der Waals surface area contributed by atoms with E-state index in [-0.39, 0.29) is 6.10 Å². The summed E-state index contributed by atoms with van der Waals surface area (Å²) in [5, 5.41) is 3.29. The van der Waals surface area contributed by atoms with Crippen LogP contribution in [0.3, 0.4) is 0 Å². The van der Waals surface area contributed by atoms with Gasteiger partial charge >= 0.3 is 0 Å². The number of nitrogens with two attached hydrogens (primary N) is 1. The predicted octanol–water partition coefficient (Wildman–Crippen LogP) is 1.39. The Bertz CT molecular complexity index is 276. The van der Waals surface area contributed by atoms with Crippen molar-refractivity contribution in [2.24, 2.45) is 0 Å². The monoisotopic (exact) mass is 194 g/mol. The van der Waals surface area contributed by atoms with Gasteiger partial charge in [0.25, 0.3) is 0 Å². The molecule has 0 bridgehead atoms. The van der Waals surface area contributed by atoms with E-state index in [0.717, 1.165) is 24.3 Å². The quantitative estimate of drug-likeness (QED) is 0.696. The van der Waals surface area contributed by atoms with Crippen molar-refractivity contribution in [3.8, 4) is 0 Å². The Balaban J connectivity index is 2.35. The van der Waals surface area contributed by atoms with E-state index in [9.17, 15) is 0 Å². The Kier molecular flexibility index (Phi) is 4.43. The SMILES string of the molecule is COC(C)CNCc1ccccc1N. The number of rotatable bonds is 5. The maximum atomic E-state index is 5.80. The molecule has 0 aliphatic rings. The number of methoxy groups -OCH3 is 1. The highest BCUT2D eigenvalue weighted by Crippen LogP contribution is 2.09. The summed E-state index contributed by atoms with van der Waals surface area (Å²) in [5.74, 6) is 0. The van der Waals surface area contributed by atoms with E-state index in [1.165, 1.54) is 0 Å². The molecular weight excluding hydrogens is 176 g/mol.